The number of carbonyl (C=O) groups is 1. The van der Waals surface area contributed by atoms with Crippen LogP contribution in [-0.2, 0) is 34.0 Å². The molecule has 1 saturated carbocycles. The molecule has 1 fully saturated rings. The molecule has 4 rings (SSSR count). The zero-order valence-electron chi connectivity index (χ0n) is 16.2. The molecule has 0 radical (unpaired) electrons. The molecule has 0 spiro atoms. The summed E-state index contributed by atoms with van der Waals surface area (Å²) in [5, 5.41) is 2.86. The number of hydrogen-bond donors (Lipinski definition) is 1. The van der Waals surface area contributed by atoms with Crippen LogP contribution in [0, 0.1) is 5.92 Å². The molecule has 1 aliphatic heterocycles. The number of alkyl halides is 3. The van der Waals surface area contributed by atoms with Crippen molar-refractivity contribution >= 4 is 21.6 Å². The summed E-state index contributed by atoms with van der Waals surface area (Å²) in [6, 6.07) is 10.7. The minimum Gasteiger partial charge on any atom is -0.326 e. The summed E-state index contributed by atoms with van der Waals surface area (Å²) in [4.78, 5) is 12.7. The van der Waals surface area contributed by atoms with Gasteiger partial charge >= 0.3 is 6.18 Å². The second kappa shape index (κ2) is 7.39. The van der Waals surface area contributed by atoms with Crippen molar-refractivity contribution in [2.75, 3.05) is 18.1 Å². The van der Waals surface area contributed by atoms with Gasteiger partial charge in [0.25, 0.3) is 0 Å². The molecule has 0 saturated heterocycles. The second-order valence-electron chi connectivity index (χ2n) is 7.81. The number of carbonyl (C=O) groups excluding carboxylic acids is 1. The number of amides is 1. The molecule has 160 valence electrons. The van der Waals surface area contributed by atoms with Crippen molar-refractivity contribution < 1.29 is 26.4 Å². The number of fused-ring (bicyclic) bond motifs is 1. The molecule has 2 aromatic rings. The molecular weight excluding hydrogens is 417 g/mol. The van der Waals surface area contributed by atoms with Crippen molar-refractivity contribution in [1.82, 2.24) is 4.31 Å². The summed E-state index contributed by atoms with van der Waals surface area (Å²) >= 11 is 0. The number of nitrogens with zero attached hydrogens (tertiary/aromatic N) is 1. The van der Waals surface area contributed by atoms with Gasteiger partial charge in [0.15, 0.2) is 0 Å². The quantitative estimate of drug-likeness (QED) is 0.791. The minimum atomic E-state index is -4.45. The molecule has 2 unspecified atom stereocenters. The molecule has 9 heteroatoms. The van der Waals surface area contributed by atoms with Crippen LogP contribution in [0.2, 0.25) is 0 Å². The van der Waals surface area contributed by atoms with Crippen molar-refractivity contribution in [3.8, 4) is 0 Å². The smallest absolute Gasteiger partial charge is 0.326 e. The van der Waals surface area contributed by atoms with Crippen LogP contribution in [0.5, 0.6) is 0 Å². The molecule has 2 aromatic carbocycles. The Balaban J connectivity index is 1.50. The summed E-state index contributed by atoms with van der Waals surface area (Å²) < 4.78 is 64.8. The molecular formula is C21H21F3N2O3S. The Labute approximate surface area is 172 Å². The van der Waals surface area contributed by atoms with Crippen LogP contribution in [0.15, 0.2) is 42.5 Å². The molecule has 5 nitrogen and oxygen atoms in total. The van der Waals surface area contributed by atoms with E-state index in [-0.39, 0.29) is 18.0 Å². The summed E-state index contributed by atoms with van der Waals surface area (Å²) in [5.41, 5.74) is 1.76. The van der Waals surface area contributed by atoms with Gasteiger partial charge in [-0.15, -0.1) is 0 Å². The van der Waals surface area contributed by atoms with E-state index in [1.54, 1.807) is 18.2 Å². The van der Waals surface area contributed by atoms with E-state index < -0.39 is 33.6 Å². The first-order chi connectivity index (χ1) is 14.1. The van der Waals surface area contributed by atoms with E-state index in [2.05, 4.69) is 5.32 Å². The van der Waals surface area contributed by atoms with Gasteiger partial charge in [-0.2, -0.15) is 17.5 Å². The molecule has 30 heavy (non-hydrogen) atoms. The number of halogens is 3. The van der Waals surface area contributed by atoms with Gasteiger partial charge in [0.2, 0.25) is 15.9 Å². The van der Waals surface area contributed by atoms with E-state index in [0.717, 1.165) is 23.4 Å². The standard InChI is InChI=1S/C21H21F3N2O3S/c1-30(28,29)26-10-9-14-13(12-26)5-4-8-19(14)25-20(27)17-11-16(17)15-6-2-3-7-18(15)21(22,23)24/h2-8,16-17H,9-12H2,1H3,(H,25,27). The van der Waals surface area contributed by atoms with Gasteiger partial charge in [-0.1, -0.05) is 30.3 Å². The van der Waals surface area contributed by atoms with Crippen LogP contribution in [0.1, 0.15) is 34.6 Å². The van der Waals surface area contributed by atoms with Gasteiger partial charge in [-0.05, 0) is 47.6 Å². The molecule has 0 aromatic heterocycles. The third kappa shape index (κ3) is 4.09. The Kier molecular flexibility index (Phi) is 5.14. The average molecular weight is 438 g/mol. The Hall–Kier alpha value is -2.39. The average Bonchev–Trinajstić information content (AvgIpc) is 3.47. The number of anilines is 1. The highest BCUT2D eigenvalue weighted by Gasteiger charge is 2.48. The van der Waals surface area contributed by atoms with E-state index in [4.69, 9.17) is 0 Å². The van der Waals surface area contributed by atoms with Gasteiger partial charge in [0.05, 0.1) is 11.8 Å². The number of sulfonamides is 1. The van der Waals surface area contributed by atoms with Gasteiger partial charge in [0.1, 0.15) is 0 Å². The molecule has 1 aliphatic carbocycles. The first-order valence-electron chi connectivity index (χ1n) is 9.58. The number of nitrogens with one attached hydrogen (secondary N) is 1. The van der Waals surface area contributed by atoms with Crippen LogP contribution in [-0.4, -0.2) is 31.4 Å². The number of rotatable bonds is 4. The lowest BCUT2D eigenvalue weighted by molar-refractivity contribution is -0.138. The maximum Gasteiger partial charge on any atom is 0.416 e. The van der Waals surface area contributed by atoms with Gasteiger partial charge in [-0.25, -0.2) is 8.42 Å². The first kappa shape index (κ1) is 20.9. The Morgan fingerprint density at radius 2 is 1.87 bits per heavy atom. The zero-order chi connectivity index (χ0) is 21.7. The lowest BCUT2D eigenvalue weighted by atomic mass is 9.98. The lowest BCUT2D eigenvalue weighted by Gasteiger charge is -2.28. The maximum atomic E-state index is 13.3. The molecule has 1 N–H and O–H groups in total. The molecule has 2 aliphatic rings. The summed E-state index contributed by atoms with van der Waals surface area (Å²) in [6.07, 6.45) is -2.46. The molecule has 0 bridgehead atoms. The number of benzene rings is 2. The van der Waals surface area contributed by atoms with Gasteiger partial charge in [0, 0.05) is 24.7 Å². The van der Waals surface area contributed by atoms with E-state index >= 15 is 0 Å². The van der Waals surface area contributed by atoms with Crippen LogP contribution in [0.3, 0.4) is 0 Å². The van der Waals surface area contributed by atoms with E-state index in [9.17, 15) is 26.4 Å². The SMILES string of the molecule is CS(=O)(=O)N1CCc2c(cccc2NC(=O)C2CC2c2ccccc2C(F)(F)F)C1. The topological polar surface area (TPSA) is 66.5 Å². The van der Waals surface area contributed by atoms with Crippen molar-refractivity contribution in [2.45, 2.75) is 31.5 Å². The van der Waals surface area contributed by atoms with Crippen molar-refractivity contribution in [3.63, 3.8) is 0 Å². The Morgan fingerprint density at radius 1 is 1.13 bits per heavy atom. The predicted octanol–water partition coefficient (Wildman–Crippen LogP) is 3.77. The van der Waals surface area contributed by atoms with Crippen molar-refractivity contribution in [2.24, 2.45) is 5.92 Å². The first-order valence-corrected chi connectivity index (χ1v) is 11.4. The van der Waals surface area contributed by atoms with Crippen molar-refractivity contribution in [3.05, 3.63) is 64.7 Å². The summed E-state index contributed by atoms with van der Waals surface area (Å²) in [6.45, 7) is 0.562. The van der Waals surface area contributed by atoms with Gasteiger partial charge < -0.3 is 5.32 Å². The summed E-state index contributed by atoms with van der Waals surface area (Å²) in [7, 11) is -3.31. The fraction of sp³-hybridized carbons (Fsp3) is 0.381. The third-order valence-corrected chi connectivity index (χ3v) is 7.00. The Bertz CT molecular complexity index is 1100. The largest absolute Gasteiger partial charge is 0.416 e. The van der Waals surface area contributed by atoms with Crippen LogP contribution >= 0.6 is 0 Å². The fourth-order valence-corrected chi connectivity index (χ4v) is 4.91. The third-order valence-electron chi connectivity index (χ3n) is 5.75. The minimum absolute atomic E-state index is 0.157. The molecule has 1 heterocycles. The monoisotopic (exact) mass is 438 g/mol. The van der Waals surface area contributed by atoms with E-state index in [1.807, 2.05) is 6.07 Å². The van der Waals surface area contributed by atoms with E-state index in [0.29, 0.717) is 25.1 Å². The van der Waals surface area contributed by atoms with Crippen LogP contribution in [0.25, 0.3) is 0 Å². The highest BCUT2D eigenvalue weighted by atomic mass is 32.2. The highest BCUT2D eigenvalue weighted by Crippen LogP contribution is 2.51. The van der Waals surface area contributed by atoms with Crippen LogP contribution in [0.4, 0.5) is 18.9 Å². The lowest BCUT2D eigenvalue weighted by Crippen LogP contribution is -2.35. The maximum absolute atomic E-state index is 13.3. The van der Waals surface area contributed by atoms with Crippen molar-refractivity contribution in [1.29, 1.82) is 0 Å². The van der Waals surface area contributed by atoms with Gasteiger partial charge in [-0.3, -0.25) is 4.79 Å². The predicted molar refractivity (Wildman–Crippen MR) is 106 cm³/mol. The zero-order valence-corrected chi connectivity index (χ0v) is 17.1. The highest BCUT2D eigenvalue weighted by molar-refractivity contribution is 7.88. The second-order valence-corrected chi connectivity index (χ2v) is 9.80. The molecule has 2 atom stereocenters. The summed E-state index contributed by atoms with van der Waals surface area (Å²) in [5.74, 6) is -1.28. The Morgan fingerprint density at radius 3 is 2.57 bits per heavy atom. The molecule has 1 amide bonds. The van der Waals surface area contributed by atoms with Crippen LogP contribution < -0.4 is 5.32 Å². The normalized spacial score (nSPS) is 21.7. The fourth-order valence-electron chi connectivity index (χ4n) is 4.12. The number of hydrogen-bond acceptors (Lipinski definition) is 3. The van der Waals surface area contributed by atoms with E-state index in [1.165, 1.54) is 16.4 Å².